The lowest BCUT2D eigenvalue weighted by Gasteiger charge is -2.21. The lowest BCUT2D eigenvalue weighted by atomic mass is 10.2. The molecule has 1 saturated heterocycles. The molecule has 4 rings (SSSR count). The van der Waals surface area contributed by atoms with E-state index >= 15 is 0 Å². The van der Waals surface area contributed by atoms with Crippen LogP contribution in [-0.4, -0.2) is 46.7 Å². The number of benzene rings is 1. The fourth-order valence-corrected chi connectivity index (χ4v) is 2.94. The molecule has 3 heterocycles. The van der Waals surface area contributed by atoms with E-state index in [0.717, 1.165) is 11.3 Å². The summed E-state index contributed by atoms with van der Waals surface area (Å²) < 4.78 is 18.0. The van der Waals surface area contributed by atoms with E-state index < -0.39 is 0 Å². The van der Waals surface area contributed by atoms with Gasteiger partial charge in [0, 0.05) is 0 Å². The summed E-state index contributed by atoms with van der Waals surface area (Å²) in [6.45, 7) is 2.16. The van der Waals surface area contributed by atoms with Gasteiger partial charge in [0.25, 0.3) is 0 Å². The normalized spacial score (nSPS) is 17.8. The molecule has 1 aliphatic rings. The Morgan fingerprint density at radius 1 is 1.24 bits per heavy atom. The van der Waals surface area contributed by atoms with Crippen molar-refractivity contribution in [3.63, 3.8) is 0 Å². The zero-order valence-electron chi connectivity index (χ0n) is 13.7. The van der Waals surface area contributed by atoms with Gasteiger partial charge in [-0.25, -0.2) is 9.97 Å². The topological polar surface area (TPSA) is 71.3 Å². The molecule has 0 aliphatic carbocycles. The first kappa shape index (κ1) is 16.3. The lowest BCUT2D eigenvalue weighted by Crippen LogP contribution is -2.23. The Bertz CT molecular complexity index is 875. The summed E-state index contributed by atoms with van der Waals surface area (Å²) in [5.74, 6) is 1.35. The van der Waals surface area contributed by atoms with Crippen LogP contribution in [-0.2, 0) is 16.0 Å². The third-order valence-electron chi connectivity index (χ3n) is 3.99. The molecule has 0 bridgehead atoms. The molecular formula is C17H17ClN4O3. The second kappa shape index (κ2) is 6.95. The van der Waals surface area contributed by atoms with Gasteiger partial charge in [-0.15, -0.1) is 0 Å². The van der Waals surface area contributed by atoms with Gasteiger partial charge in [-0.2, -0.15) is 5.10 Å². The van der Waals surface area contributed by atoms with Gasteiger partial charge in [0.05, 0.1) is 39.7 Å². The molecule has 1 fully saturated rings. The molecule has 7 nitrogen and oxygen atoms in total. The number of halogens is 1. The van der Waals surface area contributed by atoms with Crippen molar-refractivity contribution in [3.8, 4) is 5.75 Å². The maximum absolute atomic E-state index is 6.30. The Kier molecular flexibility index (Phi) is 4.52. The van der Waals surface area contributed by atoms with Crippen LogP contribution < -0.4 is 4.74 Å². The SMILES string of the molecule is COc1ccc(Cn2cc3nc(C4COCCO4)nc(Cl)c3n2)cc1. The molecule has 8 heteroatoms. The van der Waals surface area contributed by atoms with Crippen LogP contribution >= 0.6 is 11.6 Å². The first-order valence-electron chi connectivity index (χ1n) is 7.96. The molecule has 3 aromatic rings. The molecule has 0 amide bonds. The van der Waals surface area contributed by atoms with Crippen LogP contribution in [0.2, 0.25) is 5.15 Å². The lowest BCUT2D eigenvalue weighted by molar-refractivity contribution is -0.0934. The number of hydrogen-bond donors (Lipinski definition) is 0. The Morgan fingerprint density at radius 3 is 2.80 bits per heavy atom. The molecule has 25 heavy (non-hydrogen) atoms. The van der Waals surface area contributed by atoms with Gasteiger partial charge in [-0.1, -0.05) is 23.7 Å². The van der Waals surface area contributed by atoms with Gasteiger partial charge >= 0.3 is 0 Å². The first-order valence-corrected chi connectivity index (χ1v) is 8.33. The predicted molar refractivity (Wildman–Crippen MR) is 91.9 cm³/mol. The monoisotopic (exact) mass is 360 g/mol. The van der Waals surface area contributed by atoms with E-state index in [2.05, 4.69) is 15.1 Å². The summed E-state index contributed by atoms with van der Waals surface area (Å²) in [6.07, 6.45) is 1.57. The summed E-state index contributed by atoms with van der Waals surface area (Å²) in [7, 11) is 1.65. The van der Waals surface area contributed by atoms with Crippen molar-refractivity contribution in [2.45, 2.75) is 12.6 Å². The van der Waals surface area contributed by atoms with E-state index in [-0.39, 0.29) is 6.10 Å². The Balaban J connectivity index is 1.61. The van der Waals surface area contributed by atoms with Crippen molar-refractivity contribution in [1.29, 1.82) is 0 Å². The number of ether oxygens (including phenoxy) is 3. The molecule has 0 spiro atoms. The van der Waals surface area contributed by atoms with Crippen LogP contribution in [0, 0.1) is 0 Å². The van der Waals surface area contributed by atoms with Crippen molar-refractivity contribution < 1.29 is 14.2 Å². The molecule has 0 N–H and O–H groups in total. The van der Waals surface area contributed by atoms with Crippen molar-refractivity contribution in [1.82, 2.24) is 19.7 Å². The fraction of sp³-hybridized carbons (Fsp3) is 0.353. The van der Waals surface area contributed by atoms with E-state index in [9.17, 15) is 0 Å². The van der Waals surface area contributed by atoms with Crippen LogP contribution in [0.25, 0.3) is 11.0 Å². The number of aromatic nitrogens is 4. The Hall–Kier alpha value is -2.22. The molecule has 1 aromatic carbocycles. The quantitative estimate of drug-likeness (QED) is 0.666. The maximum atomic E-state index is 6.30. The average molecular weight is 361 g/mol. The van der Waals surface area contributed by atoms with Crippen molar-refractivity contribution in [2.75, 3.05) is 26.9 Å². The van der Waals surface area contributed by atoms with Gasteiger partial charge in [-0.05, 0) is 17.7 Å². The second-order valence-corrected chi connectivity index (χ2v) is 6.07. The highest BCUT2D eigenvalue weighted by Crippen LogP contribution is 2.24. The van der Waals surface area contributed by atoms with E-state index in [1.807, 2.05) is 30.5 Å². The van der Waals surface area contributed by atoms with Crippen LogP contribution in [0.5, 0.6) is 5.75 Å². The van der Waals surface area contributed by atoms with E-state index in [1.54, 1.807) is 11.8 Å². The average Bonchev–Trinajstić information content (AvgIpc) is 3.06. The Labute approximate surface area is 149 Å². The van der Waals surface area contributed by atoms with Crippen LogP contribution in [0.3, 0.4) is 0 Å². The number of hydrogen-bond acceptors (Lipinski definition) is 6. The van der Waals surface area contributed by atoms with Crippen molar-refractivity contribution >= 4 is 22.6 Å². The van der Waals surface area contributed by atoms with Gasteiger partial charge < -0.3 is 14.2 Å². The van der Waals surface area contributed by atoms with E-state index in [0.29, 0.717) is 48.4 Å². The molecule has 1 unspecified atom stereocenters. The third kappa shape index (κ3) is 3.44. The van der Waals surface area contributed by atoms with Gasteiger partial charge in [0.1, 0.15) is 22.9 Å². The van der Waals surface area contributed by atoms with Crippen LogP contribution in [0.1, 0.15) is 17.5 Å². The summed E-state index contributed by atoms with van der Waals surface area (Å²) in [5.41, 5.74) is 2.37. The van der Waals surface area contributed by atoms with E-state index in [4.69, 9.17) is 25.8 Å². The maximum Gasteiger partial charge on any atom is 0.162 e. The fourth-order valence-electron chi connectivity index (χ4n) is 2.72. The highest BCUT2D eigenvalue weighted by molar-refractivity contribution is 6.33. The number of fused-ring (bicyclic) bond motifs is 1. The molecule has 1 aliphatic heterocycles. The number of methoxy groups -OCH3 is 1. The summed E-state index contributed by atoms with van der Waals surface area (Å²) in [4.78, 5) is 8.87. The molecule has 2 aromatic heterocycles. The second-order valence-electron chi connectivity index (χ2n) is 5.72. The zero-order chi connectivity index (χ0) is 17.2. The summed E-state index contributed by atoms with van der Waals surface area (Å²) >= 11 is 6.30. The minimum Gasteiger partial charge on any atom is -0.497 e. The minimum atomic E-state index is -0.291. The number of nitrogens with zero attached hydrogens (tertiary/aromatic N) is 4. The number of rotatable bonds is 4. The minimum absolute atomic E-state index is 0.291. The zero-order valence-corrected chi connectivity index (χ0v) is 14.4. The molecular weight excluding hydrogens is 344 g/mol. The first-order chi connectivity index (χ1) is 12.2. The van der Waals surface area contributed by atoms with Crippen molar-refractivity contribution in [3.05, 3.63) is 47.0 Å². The van der Waals surface area contributed by atoms with Gasteiger partial charge in [-0.3, -0.25) is 4.68 Å². The largest absolute Gasteiger partial charge is 0.497 e. The summed E-state index contributed by atoms with van der Waals surface area (Å²) in [6, 6.07) is 7.84. The third-order valence-corrected chi connectivity index (χ3v) is 4.26. The molecule has 0 saturated carbocycles. The van der Waals surface area contributed by atoms with E-state index in [1.165, 1.54) is 0 Å². The van der Waals surface area contributed by atoms with Crippen LogP contribution in [0.4, 0.5) is 0 Å². The molecule has 0 radical (unpaired) electrons. The van der Waals surface area contributed by atoms with Gasteiger partial charge in [0.15, 0.2) is 11.0 Å². The smallest absolute Gasteiger partial charge is 0.162 e. The highest BCUT2D eigenvalue weighted by atomic mass is 35.5. The van der Waals surface area contributed by atoms with Crippen LogP contribution in [0.15, 0.2) is 30.5 Å². The standard InChI is InChI=1S/C17H17ClN4O3/c1-23-12-4-2-11(3-5-12)8-22-9-13-15(21-22)16(18)20-17(19-13)14-10-24-6-7-25-14/h2-5,9,14H,6-8,10H2,1H3. The molecule has 1 atom stereocenters. The highest BCUT2D eigenvalue weighted by Gasteiger charge is 2.22. The van der Waals surface area contributed by atoms with Gasteiger partial charge in [0.2, 0.25) is 0 Å². The Morgan fingerprint density at radius 2 is 2.08 bits per heavy atom. The molecule has 130 valence electrons. The van der Waals surface area contributed by atoms with Crippen molar-refractivity contribution in [2.24, 2.45) is 0 Å². The predicted octanol–water partition coefficient (Wildman–Crippen LogP) is 2.62. The summed E-state index contributed by atoms with van der Waals surface area (Å²) in [5, 5.41) is 4.81.